The normalized spacial score (nSPS) is 30.2. The van der Waals surface area contributed by atoms with E-state index >= 15 is 4.39 Å². The van der Waals surface area contributed by atoms with Crippen molar-refractivity contribution in [3.63, 3.8) is 0 Å². The molecule has 216 valence electrons. The Labute approximate surface area is 238 Å². The highest BCUT2D eigenvalue weighted by Crippen LogP contribution is 2.49. The van der Waals surface area contributed by atoms with Gasteiger partial charge in [0.25, 0.3) is 0 Å². The number of fused-ring (bicyclic) bond motifs is 4. The maximum Gasteiger partial charge on any atom is 0.318 e. The molecule has 2 N–H and O–H groups in total. The van der Waals surface area contributed by atoms with Gasteiger partial charge >= 0.3 is 6.01 Å². The zero-order valence-corrected chi connectivity index (χ0v) is 23.4. The number of aromatic nitrogens is 2. The molecule has 11 heteroatoms. The molecule has 3 fully saturated rings. The lowest BCUT2D eigenvalue weighted by atomic mass is 9.74. The minimum Gasteiger partial charge on any atom is -0.461 e. The van der Waals surface area contributed by atoms with E-state index in [1.807, 2.05) is 0 Å². The molecule has 1 aromatic heterocycles. The minimum atomic E-state index is -0.914. The van der Waals surface area contributed by atoms with E-state index < -0.39 is 17.6 Å². The molecule has 3 atom stereocenters. The molecule has 8 nitrogen and oxygen atoms in total. The van der Waals surface area contributed by atoms with E-state index in [2.05, 4.69) is 9.80 Å². The van der Waals surface area contributed by atoms with Gasteiger partial charge in [-0.1, -0.05) is 11.6 Å². The molecule has 0 saturated carbocycles. The largest absolute Gasteiger partial charge is 0.461 e. The van der Waals surface area contributed by atoms with Crippen molar-refractivity contribution in [3.8, 4) is 6.01 Å². The lowest BCUT2D eigenvalue weighted by molar-refractivity contribution is -0.0876. The summed E-state index contributed by atoms with van der Waals surface area (Å²) in [5, 5.41) is 0.474. The second-order valence-electron chi connectivity index (χ2n) is 12.0. The highest BCUT2D eigenvalue weighted by molar-refractivity contribution is 6.31. The summed E-state index contributed by atoms with van der Waals surface area (Å²) in [6, 6.07) is 1.78. The van der Waals surface area contributed by atoms with Crippen molar-refractivity contribution < 1.29 is 23.0 Å². The number of anilines is 2. The van der Waals surface area contributed by atoms with Gasteiger partial charge in [0, 0.05) is 55.2 Å². The number of ether oxygens (including phenoxy) is 3. The van der Waals surface area contributed by atoms with Crippen LogP contribution < -0.4 is 15.4 Å². The van der Waals surface area contributed by atoms with Gasteiger partial charge in [0.2, 0.25) is 0 Å². The lowest BCUT2D eigenvalue weighted by Crippen LogP contribution is -2.44. The summed E-state index contributed by atoms with van der Waals surface area (Å²) in [6.07, 6.45) is 4.97. The maximum absolute atomic E-state index is 15.6. The molecule has 2 aromatic rings. The van der Waals surface area contributed by atoms with E-state index in [9.17, 15) is 4.39 Å². The van der Waals surface area contributed by atoms with Gasteiger partial charge in [0.15, 0.2) is 5.82 Å². The van der Waals surface area contributed by atoms with Gasteiger partial charge < -0.3 is 24.8 Å². The van der Waals surface area contributed by atoms with Gasteiger partial charge in [-0.15, -0.1) is 0 Å². The van der Waals surface area contributed by atoms with Gasteiger partial charge in [0.05, 0.1) is 30.1 Å². The topological polar surface area (TPSA) is 86.0 Å². The Kier molecular flexibility index (Phi) is 6.80. The molecule has 0 amide bonds. The number of benzene rings is 1. The fourth-order valence-corrected chi connectivity index (χ4v) is 7.96. The predicted octanol–water partition coefficient (Wildman–Crippen LogP) is 4.34. The molecule has 4 aliphatic heterocycles. The summed E-state index contributed by atoms with van der Waals surface area (Å²) in [5.41, 5.74) is 7.75. The molecule has 40 heavy (non-hydrogen) atoms. The molecule has 5 aliphatic rings. The fourth-order valence-electron chi connectivity index (χ4n) is 7.65. The third-order valence-electron chi connectivity index (χ3n) is 9.56. The van der Waals surface area contributed by atoms with Crippen molar-refractivity contribution in [1.29, 1.82) is 0 Å². The highest BCUT2D eigenvalue weighted by Gasteiger charge is 2.50. The summed E-state index contributed by atoms with van der Waals surface area (Å²) < 4.78 is 48.6. The smallest absolute Gasteiger partial charge is 0.318 e. The van der Waals surface area contributed by atoms with Crippen molar-refractivity contribution in [1.82, 2.24) is 14.9 Å². The number of hydrogen-bond donors (Lipinski definition) is 1. The van der Waals surface area contributed by atoms with Crippen LogP contribution in [-0.2, 0) is 34.5 Å². The number of halogens is 3. The monoisotopic (exact) mass is 575 g/mol. The second kappa shape index (κ2) is 10.2. The zero-order valence-electron chi connectivity index (χ0n) is 22.7. The van der Waals surface area contributed by atoms with E-state index in [0.29, 0.717) is 69.2 Å². The van der Waals surface area contributed by atoms with E-state index in [1.54, 1.807) is 0 Å². The Balaban J connectivity index is 1.27. The molecule has 7 rings (SSSR count). The second-order valence-corrected chi connectivity index (χ2v) is 12.4. The molecule has 1 aliphatic carbocycles. The SMILES string of the molecule is Nc1cc(Cl)c2c(c1F)C1(CCC2)Cc2nc(OCC34CCCN3CC(F)C4)nc(N3CCCOCC3)c2CO1. The molecule has 0 bridgehead atoms. The minimum absolute atomic E-state index is 0.0273. The van der Waals surface area contributed by atoms with Crippen LogP contribution in [0.1, 0.15) is 60.9 Å². The van der Waals surface area contributed by atoms with Crippen molar-refractivity contribution in [2.24, 2.45) is 0 Å². The first-order valence-electron chi connectivity index (χ1n) is 14.5. The molecule has 3 unspecified atom stereocenters. The van der Waals surface area contributed by atoms with Crippen molar-refractivity contribution in [2.75, 3.05) is 56.6 Å². The first kappa shape index (κ1) is 26.6. The summed E-state index contributed by atoms with van der Waals surface area (Å²) in [6.45, 7) is 4.74. The Bertz CT molecular complexity index is 1310. The van der Waals surface area contributed by atoms with Gasteiger partial charge in [-0.05, 0) is 56.7 Å². The van der Waals surface area contributed by atoms with E-state index in [1.165, 1.54) is 6.07 Å². The Morgan fingerprint density at radius 1 is 1.12 bits per heavy atom. The van der Waals surface area contributed by atoms with E-state index in [4.69, 9.17) is 41.5 Å². The number of nitrogens with zero attached hydrogens (tertiary/aromatic N) is 4. The molecule has 1 spiro atoms. The number of alkyl halides is 1. The predicted molar refractivity (Wildman–Crippen MR) is 147 cm³/mol. The van der Waals surface area contributed by atoms with Crippen LogP contribution in [-0.4, -0.2) is 72.6 Å². The summed E-state index contributed by atoms with van der Waals surface area (Å²) in [4.78, 5) is 14.2. The molecular formula is C29H36ClF2N5O3. The van der Waals surface area contributed by atoms with Gasteiger partial charge in [-0.25, -0.2) is 8.78 Å². The van der Waals surface area contributed by atoms with Crippen molar-refractivity contribution >= 4 is 23.1 Å². The number of nitrogen functional groups attached to an aromatic ring is 1. The van der Waals surface area contributed by atoms with Gasteiger partial charge in [-0.2, -0.15) is 9.97 Å². The number of nitrogens with two attached hydrogens (primary N) is 1. The Hall–Kier alpha value is -2.27. The zero-order chi connectivity index (χ0) is 27.5. The number of hydrogen-bond acceptors (Lipinski definition) is 8. The van der Waals surface area contributed by atoms with Crippen LogP contribution in [0.5, 0.6) is 6.01 Å². The highest BCUT2D eigenvalue weighted by atomic mass is 35.5. The first-order valence-corrected chi connectivity index (χ1v) is 14.9. The fraction of sp³-hybridized carbons (Fsp3) is 0.655. The van der Waals surface area contributed by atoms with E-state index in [0.717, 1.165) is 61.4 Å². The lowest BCUT2D eigenvalue weighted by Gasteiger charge is -2.43. The van der Waals surface area contributed by atoms with Crippen LogP contribution in [0.2, 0.25) is 5.02 Å². The van der Waals surface area contributed by atoms with Crippen LogP contribution in [0.15, 0.2) is 6.07 Å². The molecule has 3 saturated heterocycles. The van der Waals surface area contributed by atoms with Crippen molar-refractivity contribution in [3.05, 3.63) is 39.3 Å². The van der Waals surface area contributed by atoms with Gasteiger partial charge in [0.1, 0.15) is 24.2 Å². The van der Waals surface area contributed by atoms with Crippen molar-refractivity contribution in [2.45, 2.75) is 75.3 Å². The standard InChI is InChI=1S/C29H36ClF2N5O3/c30-21-12-22(33)25(32)24-19(21)4-1-6-29(24)14-23-20(16-40-29)26(36-7-3-10-38-11-9-36)35-27(34-23)39-17-28-5-2-8-37(28)15-18(31)13-28/h12,18H,1-11,13-17,33H2. The third-order valence-corrected chi connectivity index (χ3v) is 9.89. The molecule has 5 heterocycles. The first-order chi connectivity index (χ1) is 19.4. The van der Waals surface area contributed by atoms with Crippen LogP contribution in [0.4, 0.5) is 20.3 Å². The Morgan fingerprint density at radius 3 is 2.92 bits per heavy atom. The van der Waals surface area contributed by atoms with Crippen LogP contribution in [0.25, 0.3) is 0 Å². The Morgan fingerprint density at radius 2 is 2.02 bits per heavy atom. The molecule has 0 radical (unpaired) electrons. The van der Waals surface area contributed by atoms with Gasteiger partial charge in [-0.3, -0.25) is 4.90 Å². The molecule has 1 aromatic carbocycles. The average Bonchev–Trinajstić information content (AvgIpc) is 3.31. The van der Waals surface area contributed by atoms with Crippen LogP contribution in [0.3, 0.4) is 0 Å². The molecular weight excluding hydrogens is 540 g/mol. The third kappa shape index (κ3) is 4.42. The summed E-state index contributed by atoms with van der Waals surface area (Å²) in [5.74, 6) is 0.318. The van der Waals surface area contributed by atoms with Crippen LogP contribution in [0, 0.1) is 5.82 Å². The number of rotatable bonds is 4. The maximum atomic E-state index is 15.6. The van der Waals surface area contributed by atoms with E-state index in [-0.39, 0.29) is 23.8 Å². The summed E-state index contributed by atoms with van der Waals surface area (Å²) >= 11 is 6.55. The van der Waals surface area contributed by atoms with Crippen LogP contribution >= 0.6 is 11.6 Å². The quantitative estimate of drug-likeness (QED) is 0.539. The average molecular weight is 576 g/mol. The summed E-state index contributed by atoms with van der Waals surface area (Å²) in [7, 11) is 0.